The first kappa shape index (κ1) is 11.8. The maximum atomic E-state index is 5.84. The number of fused-ring (bicyclic) bond motifs is 1. The van der Waals surface area contributed by atoms with Gasteiger partial charge in [-0.2, -0.15) is 0 Å². The van der Waals surface area contributed by atoms with E-state index >= 15 is 0 Å². The Labute approximate surface area is 112 Å². The molecule has 0 saturated carbocycles. The summed E-state index contributed by atoms with van der Waals surface area (Å²) in [4.78, 5) is 4.70. The second kappa shape index (κ2) is 4.12. The molecule has 0 aliphatic carbocycles. The molecule has 0 spiro atoms. The van der Waals surface area contributed by atoms with Crippen molar-refractivity contribution in [2.24, 2.45) is 0 Å². The fourth-order valence-electron chi connectivity index (χ4n) is 2.34. The molecule has 0 fully saturated rings. The number of benzene rings is 1. The minimum absolute atomic E-state index is 0.750. The van der Waals surface area contributed by atoms with Gasteiger partial charge >= 0.3 is 0 Å². The van der Waals surface area contributed by atoms with E-state index in [1.54, 1.807) is 0 Å². The van der Waals surface area contributed by atoms with Crippen LogP contribution < -0.4 is 5.73 Å². The van der Waals surface area contributed by atoms with Gasteiger partial charge in [0.1, 0.15) is 5.65 Å². The van der Waals surface area contributed by atoms with Crippen LogP contribution in [0.1, 0.15) is 16.8 Å². The number of hydrogen-bond donors (Lipinski definition) is 1. The molecule has 2 aromatic heterocycles. The average molecular weight is 251 g/mol. The van der Waals surface area contributed by atoms with E-state index < -0.39 is 0 Å². The summed E-state index contributed by atoms with van der Waals surface area (Å²) in [5, 5.41) is 0. The first-order chi connectivity index (χ1) is 9.06. The van der Waals surface area contributed by atoms with Gasteiger partial charge in [-0.05, 0) is 50.1 Å². The van der Waals surface area contributed by atoms with Crippen LogP contribution in [0.3, 0.4) is 0 Å². The molecule has 2 N–H and O–H groups in total. The summed E-state index contributed by atoms with van der Waals surface area (Å²) in [6, 6.07) is 10.3. The highest BCUT2D eigenvalue weighted by Gasteiger charge is 2.10. The molecule has 96 valence electrons. The first-order valence-corrected chi connectivity index (χ1v) is 6.38. The van der Waals surface area contributed by atoms with Crippen LogP contribution in [0.2, 0.25) is 0 Å². The molecule has 3 rings (SSSR count). The molecule has 3 heteroatoms. The van der Waals surface area contributed by atoms with Crippen LogP contribution in [-0.2, 0) is 0 Å². The number of imidazole rings is 1. The fraction of sp³-hybridized carbons (Fsp3) is 0.188. The SMILES string of the molecule is Cc1ccc(-c2nc3ccc(N)cn3c2C)cc1C. The minimum Gasteiger partial charge on any atom is -0.398 e. The van der Waals surface area contributed by atoms with Crippen LogP contribution in [0.25, 0.3) is 16.9 Å². The van der Waals surface area contributed by atoms with Gasteiger partial charge in [0.05, 0.1) is 5.69 Å². The number of aryl methyl sites for hydroxylation is 3. The first-order valence-electron chi connectivity index (χ1n) is 6.38. The second-order valence-electron chi connectivity index (χ2n) is 5.04. The van der Waals surface area contributed by atoms with Crippen molar-refractivity contribution in [1.29, 1.82) is 0 Å². The molecule has 2 heterocycles. The van der Waals surface area contributed by atoms with E-state index in [4.69, 9.17) is 10.7 Å². The van der Waals surface area contributed by atoms with Crippen LogP contribution in [0.4, 0.5) is 5.69 Å². The van der Waals surface area contributed by atoms with E-state index in [9.17, 15) is 0 Å². The molecule has 0 radical (unpaired) electrons. The zero-order valence-corrected chi connectivity index (χ0v) is 11.4. The lowest BCUT2D eigenvalue weighted by atomic mass is 10.0. The summed E-state index contributed by atoms with van der Waals surface area (Å²) in [5.41, 5.74) is 13.4. The smallest absolute Gasteiger partial charge is 0.137 e. The highest BCUT2D eigenvalue weighted by atomic mass is 15.0. The van der Waals surface area contributed by atoms with Crippen molar-refractivity contribution >= 4 is 11.3 Å². The van der Waals surface area contributed by atoms with Gasteiger partial charge in [-0.15, -0.1) is 0 Å². The Morgan fingerprint density at radius 3 is 2.53 bits per heavy atom. The predicted octanol–water partition coefficient (Wildman–Crippen LogP) is 3.51. The lowest BCUT2D eigenvalue weighted by Gasteiger charge is -2.04. The lowest BCUT2D eigenvalue weighted by Crippen LogP contribution is -1.92. The standard InChI is InChI=1S/C16H17N3/c1-10-4-5-13(8-11(10)2)16-12(3)19-9-14(17)6-7-15(19)18-16/h4-9H,17H2,1-3H3. The maximum Gasteiger partial charge on any atom is 0.137 e. The number of rotatable bonds is 1. The van der Waals surface area contributed by atoms with Crippen LogP contribution in [0.5, 0.6) is 0 Å². The van der Waals surface area contributed by atoms with E-state index in [1.807, 2.05) is 22.7 Å². The Bertz CT molecular complexity index is 769. The number of anilines is 1. The van der Waals surface area contributed by atoms with Gasteiger partial charge in [0.2, 0.25) is 0 Å². The predicted molar refractivity (Wildman–Crippen MR) is 79.3 cm³/mol. The fourth-order valence-corrected chi connectivity index (χ4v) is 2.34. The molecule has 3 nitrogen and oxygen atoms in total. The zero-order chi connectivity index (χ0) is 13.6. The van der Waals surface area contributed by atoms with Crippen LogP contribution >= 0.6 is 0 Å². The van der Waals surface area contributed by atoms with Crippen molar-refractivity contribution in [2.45, 2.75) is 20.8 Å². The largest absolute Gasteiger partial charge is 0.398 e. The molecule has 0 saturated heterocycles. The quantitative estimate of drug-likeness (QED) is 0.719. The number of nitrogen functional groups attached to an aromatic ring is 1. The van der Waals surface area contributed by atoms with Gasteiger partial charge in [0, 0.05) is 23.1 Å². The molecule has 3 aromatic rings. The van der Waals surface area contributed by atoms with Crippen molar-refractivity contribution in [2.75, 3.05) is 5.73 Å². The van der Waals surface area contributed by atoms with Gasteiger partial charge in [-0.1, -0.05) is 12.1 Å². The van der Waals surface area contributed by atoms with Gasteiger partial charge < -0.3 is 10.1 Å². The van der Waals surface area contributed by atoms with E-state index in [-0.39, 0.29) is 0 Å². The third-order valence-electron chi connectivity index (χ3n) is 3.66. The number of hydrogen-bond acceptors (Lipinski definition) is 2. The Morgan fingerprint density at radius 1 is 1.00 bits per heavy atom. The van der Waals surface area contributed by atoms with Crippen LogP contribution in [0.15, 0.2) is 36.5 Å². The summed E-state index contributed by atoms with van der Waals surface area (Å²) >= 11 is 0. The van der Waals surface area contributed by atoms with Gasteiger partial charge in [0.15, 0.2) is 0 Å². The Morgan fingerprint density at radius 2 is 1.79 bits per heavy atom. The number of pyridine rings is 1. The van der Waals surface area contributed by atoms with Crippen LogP contribution in [-0.4, -0.2) is 9.38 Å². The Balaban J connectivity index is 2.24. The van der Waals surface area contributed by atoms with Crippen molar-refractivity contribution in [3.63, 3.8) is 0 Å². The molecule has 19 heavy (non-hydrogen) atoms. The normalized spacial score (nSPS) is 11.1. The molecular formula is C16H17N3. The van der Waals surface area contributed by atoms with Gasteiger partial charge in [-0.3, -0.25) is 0 Å². The number of nitrogens with two attached hydrogens (primary N) is 1. The summed E-state index contributed by atoms with van der Waals surface area (Å²) in [5.74, 6) is 0. The van der Waals surface area contributed by atoms with E-state index in [0.717, 1.165) is 28.3 Å². The zero-order valence-electron chi connectivity index (χ0n) is 11.4. The van der Waals surface area contributed by atoms with E-state index in [0.29, 0.717) is 0 Å². The monoisotopic (exact) mass is 251 g/mol. The van der Waals surface area contributed by atoms with Crippen molar-refractivity contribution < 1.29 is 0 Å². The lowest BCUT2D eigenvalue weighted by molar-refractivity contribution is 1.11. The highest BCUT2D eigenvalue weighted by molar-refractivity contribution is 5.68. The van der Waals surface area contributed by atoms with E-state index in [2.05, 4.69) is 39.0 Å². The van der Waals surface area contributed by atoms with Gasteiger partial charge in [0.25, 0.3) is 0 Å². The van der Waals surface area contributed by atoms with E-state index in [1.165, 1.54) is 11.1 Å². The molecule has 0 aliphatic heterocycles. The topological polar surface area (TPSA) is 43.3 Å². The molecule has 0 bridgehead atoms. The number of nitrogens with zero attached hydrogens (tertiary/aromatic N) is 2. The Kier molecular flexibility index (Phi) is 2.56. The summed E-state index contributed by atoms with van der Waals surface area (Å²) in [6.45, 7) is 6.32. The Hall–Kier alpha value is -2.29. The third kappa shape index (κ3) is 1.87. The van der Waals surface area contributed by atoms with Crippen molar-refractivity contribution in [3.05, 3.63) is 53.3 Å². The molecule has 0 unspecified atom stereocenters. The maximum absolute atomic E-state index is 5.84. The average Bonchev–Trinajstić information content (AvgIpc) is 2.70. The minimum atomic E-state index is 0.750. The molecule has 1 aromatic carbocycles. The molecule has 0 aliphatic rings. The second-order valence-corrected chi connectivity index (χ2v) is 5.04. The summed E-state index contributed by atoms with van der Waals surface area (Å²) < 4.78 is 2.04. The van der Waals surface area contributed by atoms with Crippen LogP contribution in [0, 0.1) is 20.8 Å². The van der Waals surface area contributed by atoms with Gasteiger partial charge in [-0.25, -0.2) is 4.98 Å². The highest BCUT2D eigenvalue weighted by Crippen LogP contribution is 2.26. The number of aromatic nitrogens is 2. The molecule has 0 atom stereocenters. The summed E-state index contributed by atoms with van der Waals surface area (Å²) in [7, 11) is 0. The third-order valence-corrected chi connectivity index (χ3v) is 3.66. The molecule has 0 amide bonds. The van der Waals surface area contributed by atoms with Crippen molar-refractivity contribution in [1.82, 2.24) is 9.38 Å². The molecular weight excluding hydrogens is 234 g/mol. The van der Waals surface area contributed by atoms with Crippen molar-refractivity contribution in [3.8, 4) is 11.3 Å². The summed E-state index contributed by atoms with van der Waals surface area (Å²) in [6.07, 6.45) is 1.92.